The molecule has 5 aliphatic rings. The Bertz CT molecular complexity index is 1430. The Kier molecular flexibility index (Phi) is 10.3. The number of rotatable bonds is 11. The summed E-state index contributed by atoms with van der Waals surface area (Å²) in [6, 6.07) is 0. The highest BCUT2D eigenvalue weighted by atomic mass is 16.5. The topological polar surface area (TPSA) is 130 Å². The molecule has 0 aliphatic heterocycles. The van der Waals surface area contributed by atoms with Gasteiger partial charge < -0.3 is 20.3 Å². The van der Waals surface area contributed by atoms with E-state index in [2.05, 4.69) is 53.4 Å². The number of hydrogen-bond acceptors (Lipinski definition) is 5. The minimum Gasteiger partial charge on any atom is -0.481 e. The van der Waals surface area contributed by atoms with Crippen molar-refractivity contribution in [2.75, 3.05) is 0 Å². The van der Waals surface area contributed by atoms with Crippen molar-refractivity contribution in [1.82, 2.24) is 5.32 Å². The zero-order chi connectivity index (χ0) is 38.2. The number of carboxylic acid groups (broad SMARTS) is 2. The maximum Gasteiger partial charge on any atom is 0.306 e. The largest absolute Gasteiger partial charge is 0.481 e. The fourth-order valence-electron chi connectivity index (χ4n) is 13.8. The van der Waals surface area contributed by atoms with Crippen LogP contribution in [0, 0.1) is 62.1 Å². The van der Waals surface area contributed by atoms with Crippen molar-refractivity contribution in [2.24, 2.45) is 62.1 Å². The highest BCUT2D eigenvalue weighted by molar-refractivity contribution is 5.79. The van der Waals surface area contributed by atoms with Crippen LogP contribution in [0.1, 0.15) is 159 Å². The Balaban J connectivity index is 1.38. The molecule has 0 unspecified atom stereocenters. The third-order valence-electron chi connectivity index (χ3n) is 16.2. The average Bonchev–Trinajstić information content (AvgIpc) is 3.32. The third-order valence-corrected chi connectivity index (χ3v) is 16.2. The van der Waals surface area contributed by atoms with Gasteiger partial charge in [-0.05, 0) is 128 Å². The quantitative estimate of drug-likeness (QED) is 0.144. The first-order valence-corrected chi connectivity index (χ1v) is 19.9. The van der Waals surface area contributed by atoms with Crippen LogP contribution in [0.25, 0.3) is 0 Å². The molecule has 0 aromatic heterocycles. The first-order chi connectivity index (χ1) is 23.3. The van der Waals surface area contributed by atoms with Gasteiger partial charge in [0.15, 0.2) is 0 Å². The lowest BCUT2D eigenvalue weighted by atomic mass is 9.32. The fraction of sp³-hybridized carbons (Fsp3) is 0.860. The van der Waals surface area contributed by atoms with Gasteiger partial charge in [0, 0.05) is 17.4 Å². The van der Waals surface area contributed by atoms with Gasteiger partial charge in [-0.25, -0.2) is 0 Å². The number of fused-ring (bicyclic) bond motifs is 7. The van der Waals surface area contributed by atoms with E-state index < -0.39 is 22.8 Å². The minimum atomic E-state index is -0.899. The van der Waals surface area contributed by atoms with Crippen LogP contribution >= 0.6 is 0 Å². The molecule has 3 N–H and O–H groups in total. The monoisotopic (exact) mass is 712 g/mol. The lowest BCUT2D eigenvalue weighted by Crippen LogP contribution is -2.69. The van der Waals surface area contributed by atoms with Crippen molar-refractivity contribution in [3.05, 3.63) is 12.2 Å². The maximum atomic E-state index is 13.7. The normalized spacial score (nSPS) is 40.1. The number of allylic oxidation sites excluding steroid dienone is 1. The van der Waals surface area contributed by atoms with Gasteiger partial charge in [-0.15, -0.1) is 0 Å². The molecule has 8 heteroatoms. The highest BCUT2D eigenvalue weighted by Gasteiger charge is 2.71. The van der Waals surface area contributed by atoms with E-state index in [1.807, 2.05) is 27.7 Å². The summed E-state index contributed by atoms with van der Waals surface area (Å²) in [5.74, 6) is 0.0145. The zero-order valence-electron chi connectivity index (χ0n) is 33.5. The van der Waals surface area contributed by atoms with E-state index in [1.165, 1.54) is 5.57 Å². The molecule has 0 spiro atoms. The summed E-state index contributed by atoms with van der Waals surface area (Å²) >= 11 is 0. The second kappa shape index (κ2) is 13.2. The van der Waals surface area contributed by atoms with Gasteiger partial charge >= 0.3 is 17.9 Å². The molecule has 0 aromatic rings. The van der Waals surface area contributed by atoms with E-state index in [4.69, 9.17) is 4.74 Å². The smallest absolute Gasteiger partial charge is 0.306 e. The highest BCUT2D eigenvalue weighted by Crippen LogP contribution is 2.76. The van der Waals surface area contributed by atoms with E-state index in [9.17, 15) is 29.4 Å². The molecule has 288 valence electrons. The van der Waals surface area contributed by atoms with E-state index in [0.717, 1.165) is 64.2 Å². The van der Waals surface area contributed by atoms with Crippen molar-refractivity contribution in [1.29, 1.82) is 0 Å². The summed E-state index contributed by atoms with van der Waals surface area (Å²) in [4.78, 5) is 49.9. The van der Waals surface area contributed by atoms with Crippen LogP contribution in [-0.4, -0.2) is 45.7 Å². The number of ether oxygens (including phenoxy) is 1. The predicted molar refractivity (Wildman–Crippen MR) is 199 cm³/mol. The number of esters is 1. The van der Waals surface area contributed by atoms with Crippen molar-refractivity contribution in [3.8, 4) is 0 Å². The number of carboxylic acids is 2. The van der Waals surface area contributed by atoms with Gasteiger partial charge in [0.25, 0.3) is 0 Å². The molecule has 5 aliphatic carbocycles. The number of nitrogens with one attached hydrogen (secondary N) is 1. The van der Waals surface area contributed by atoms with Crippen molar-refractivity contribution < 1.29 is 34.1 Å². The first kappa shape index (κ1) is 39.8. The van der Waals surface area contributed by atoms with Crippen LogP contribution in [0.4, 0.5) is 0 Å². The number of carbonyl (C=O) groups excluding carboxylic acids is 2. The molecule has 5 fully saturated rings. The summed E-state index contributed by atoms with van der Waals surface area (Å²) in [5.41, 5.74) is -0.188. The second-order valence-corrected chi connectivity index (χ2v) is 21.1. The fourth-order valence-corrected chi connectivity index (χ4v) is 13.8. The van der Waals surface area contributed by atoms with Crippen molar-refractivity contribution in [2.45, 2.75) is 171 Å². The van der Waals surface area contributed by atoms with Crippen LogP contribution in [-0.2, 0) is 23.9 Å². The molecule has 51 heavy (non-hydrogen) atoms. The maximum absolute atomic E-state index is 13.7. The van der Waals surface area contributed by atoms with Crippen LogP contribution in [0.15, 0.2) is 12.2 Å². The molecule has 0 aromatic carbocycles. The minimum absolute atomic E-state index is 0.0183. The van der Waals surface area contributed by atoms with E-state index in [-0.39, 0.29) is 70.9 Å². The van der Waals surface area contributed by atoms with Gasteiger partial charge in [-0.1, -0.05) is 74.5 Å². The average molecular weight is 712 g/mol. The molecule has 1 amide bonds. The van der Waals surface area contributed by atoms with Gasteiger partial charge in [0.2, 0.25) is 5.91 Å². The Morgan fingerprint density at radius 1 is 0.725 bits per heavy atom. The number of amides is 1. The predicted octanol–water partition coefficient (Wildman–Crippen LogP) is 9.21. The number of carbonyl (C=O) groups is 4. The summed E-state index contributed by atoms with van der Waals surface area (Å²) in [6.45, 7) is 26.4. The van der Waals surface area contributed by atoms with Crippen LogP contribution in [0.5, 0.6) is 0 Å². The van der Waals surface area contributed by atoms with Crippen LogP contribution < -0.4 is 5.32 Å². The number of aliphatic carboxylic acids is 2. The van der Waals surface area contributed by atoms with Crippen LogP contribution in [0.2, 0.25) is 0 Å². The van der Waals surface area contributed by atoms with Gasteiger partial charge in [-0.2, -0.15) is 0 Å². The first-order valence-electron chi connectivity index (χ1n) is 19.9. The Morgan fingerprint density at radius 2 is 1.33 bits per heavy atom. The molecule has 10 atom stereocenters. The Morgan fingerprint density at radius 3 is 1.92 bits per heavy atom. The molecule has 5 rings (SSSR count). The van der Waals surface area contributed by atoms with Gasteiger partial charge in [0.1, 0.15) is 6.10 Å². The Labute approximate surface area is 307 Å². The van der Waals surface area contributed by atoms with E-state index in [0.29, 0.717) is 29.6 Å². The Hall–Kier alpha value is -2.38. The summed E-state index contributed by atoms with van der Waals surface area (Å²) in [6.07, 6.45) is 10.4. The molecule has 0 bridgehead atoms. The zero-order valence-corrected chi connectivity index (χ0v) is 33.5. The van der Waals surface area contributed by atoms with Crippen molar-refractivity contribution >= 4 is 23.8 Å². The summed E-state index contributed by atoms with van der Waals surface area (Å²) in [5, 5.41) is 22.4. The second-order valence-electron chi connectivity index (χ2n) is 21.1. The molecule has 5 saturated carbocycles. The molecular formula is C43H69NO7. The van der Waals surface area contributed by atoms with Crippen LogP contribution in [0.3, 0.4) is 0 Å². The van der Waals surface area contributed by atoms with E-state index in [1.54, 1.807) is 0 Å². The van der Waals surface area contributed by atoms with E-state index >= 15 is 0 Å². The number of hydrogen-bond donors (Lipinski definition) is 3. The molecule has 0 saturated heterocycles. The van der Waals surface area contributed by atoms with Gasteiger partial charge in [-0.3, -0.25) is 19.2 Å². The molecule has 0 heterocycles. The lowest BCUT2D eigenvalue weighted by molar-refractivity contribution is -0.246. The SMILES string of the molecule is C=C(C)[C@@H]1CC[C@]2(NC(=O)CC(C)(C)CC(=O)O)CC[C@]3(C)[C@H](CC[C@@H]4[C@@]5(C)CC[C@H](OC(=O)CC(C)(C)CC(=O)O)C(C)(C)[C@@H]5CC[C@]43C)[C@@H]12. The lowest BCUT2D eigenvalue weighted by Gasteiger charge is -2.73. The standard InChI is InChI=1S/C43H69NO7/c1-26(2)27-14-19-43(44-32(45)22-37(3,4)23-33(46)47)21-20-41(10)28(36(27)43)12-13-30-40(9)17-16-31(39(7,8)29(40)15-18-42(30,41)11)51-35(50)25-38(5,6)24-34(48)49/h27-31,36H,1,12-25H2,2-11H3,(H,44,45)(H,46,47)(H,48,49)/t27-,28+,29-,30+,31-,36+,40-,41+,42+,43-/m0/s1. The van der Waals surface area contributed by atoms with Crippen molar-refractivity contribution in [3.63, 3.8) is 0 Å². The summed E-state index contributed by atoms with van der Waals surface area (Å²) in [7, 11) is 0. The van der Waals surface area contributed by atoms with Gasteiger partial charge in [0.05, 0.1) is 19.3 Å². The molecular weight excluding hydrogens is 642 g/mol. The summed E-state index contributed by atoms with van der Waals surface area (Å²) < 4.78 is 6.25. The third kappa shape index (κ3) is 6.93. The molecule has 0 radical (unpaired) electrons. The molecule has 8 nitrogen and oxygen atoms in total.